The second-order valence-corrected chi connectivity index (χ2v) is 8.24. The maximum atomic E-state index is 12.8. The van der Waals surface area contributed by atoms with E-state index in [0.29, 0.717) is 23.8 Å². The van der Waals surface area contributed by atoms with Crippen molar-refractivity contribution in [1.29, 1.82) is 0 Å². The van der Waals surface area contributed by atoms with Crippen LogP contribution in [0.15, 0.2) is 24.3 Å². The lowest BCUT2D eigenvalue weighted by atomic mass is 9.48. The predicted octanol–water partition coefficient (Wildman–Crippen LogP) is 4.08. The van der Waals surface area contributed by atoms with E-state index in [0.717, 1.165) is 44.2 Å². The lowest BCUT2D eigenvalue weighted by molar-refractivity contribution is -0.197. The number of hydrogen-bond donors (Lipinski definition) is 1. The Morgan fingerprint density at radius 1 is 1.20 bits per heavy atom. The molecule has 0 spiro atoms. The molecule has 5 rings (SSSR count). The molecular weight excluding hydrogens is 333 g/mol. The summed E-state index contributed by atoms with van der Waals surface area (Å²) in [6.45, 7) is -0.168. The standard InChI is InChI=1S/C19H21F3O3/c20-19(21,22)15-3-1-2-12(5-15)10-25-16(23)17-6-13-4-14(7-17)9-18(24,8-13)11-17/h1-3,5,13-14,24H,4,6-11H2. The molecule has 25 heavy (non-hydrogen) atoms. The first-order valence-corrected chi connectivity index (χ1v) is 8.73. The SMILES string of the molecule is O=C(OCc1cccc(C(F)(F)F)c1)C12CC3CC(CC(O)(C3)C1)C2. The van der Waals surface area contributed by atoms with Crippen molar-refractivity contribution in [2.75, 3.05) is 0 Å². The molecule has 3 nitrogen and oxygen atoms in total. The summed E-state index contributed by atoms with van der Waals surface area (Å²) in [6.07, 6.45) is 0.0430. The van der Waals surface area contributed by atoms with Crippen molar-refractivity contribution in [3.63, 3.8) is 0 Å². The third-order valence-electron chi connectivity index (χ3n) is 6.09. The van der Waals surface area contributed by atoms with E-state index in [-0.39, 0.29) is 12.6 Å². The van der Waals surface area contributed by atoms with Crippen LogP contribution in [0, 0.1) is 17.3 Å². The van der Waals surface area contributed by atoms with Gasteiger partial charge in [0.25, 0.3) is 0 Å². The number of aliphatic hydroxyl groups is 1. The zero-order valence-corrected chi connectivity index (χ0v) is 13.8. The average molecular weight is 354 g/mol. The van der Waals surface area contributed by atoms with Gasteiger partial charge in [-0.3, -0.25) is 4.79 Å². The Kier molecular flexibility index (Phi) is 3.69. The zero-order valence-electron chi connectivity index (χ0n) is 13.8. The zero-order chi connectivity index (χ0) is 17.9. The van der Waals surface area contributed by atoms with E-state index in [4.69, 9.17) is 4.74 Å². The highest BCUT2D eigenvalue weighted by molar-refractivity contribution is 5.77. The molecule has 0 aromatic heterocycles. The van der Waals surface area contributed by atoms with Crippen LogP contribution < -0.4 is 0 Å². The predicted molar refractivity (Wildman–Crippen MR) is 83.3 cm³/mol. The Hall–Kier alpha value is -1.56. The molecule has 4 saturated carbocycles. The molecule has 1 aromatic rings. The van der Waals surface area contributed by atoms with E-state index >= 15 is 0 Å². The molecule has 4 fully saturated rings. The Morgan fingerprint density at radius 3 is 2.48 bits per heavy atom. The van der Waals surface area contributed by atoms with Crippen molar-refractivity contribution in [1.82, 2.24) is 0 Å². The molecule has 2 atom stereocenters. The molecule has 136 valence electrons. The molecule has 4 aliphatic rings. The maximum absolute atomic E-state index is 12.8. The summed E-state index contributed by atoms with van der Waals surface area (Å²) in [5.74, 6) is 0.345. The van der Waals surface area contributed by atoms with E-state index in [1.54, 1.807) is 0 Å². The van der Waals surface area contributed by atoms with Gasteiger partial charge in [-0.15, -0.1) is 0 Å². The lowest BCUT2D eigenvalue weighted by Gasteiger charge is -2.58. The average Bonchev–Trinajstić information content (AvgIpc) is 2.49. The van der Waals surface area contributed by atoms with E-state index in [1.807, 2.05) is 0 Å². The second kappa shape index (κ2) is 5.47. The van der Waals surface area contributed by atoms with Gasteiger partial charge in [0.1, 0.15) is 6.61 Å². The van der Waals surface area contributed by atoms with Crippen LogP contribution in [0.5, 0.6) is 0 Å². The quantitative estimate of drug-likeness (QED) is 0.832. The highest BCUT2D eigenvalue weighted by Crippen LogP contribution is 2.62. The van der Waals surface area contributed by atoms with Gasteiger partial charge in [0.2, 0.25) is 0 Å². The highest BCUT2D eigenvalue weighted by atomic mass is 19.4. The van der Waals surface area contributed by atoms with Crippen molar-refractivity contribution >= 4 is 5.97 Å². The summed E-state index contributed by atoms with van der Waals surface area (Å²) >= 11 is 0. The number of ether oxygens (including phenoxy) is 1. The van der Waals surface area contributed by atoms with E-state index in [2.05, 4.69) is 0 Å². The number of hydrogen-bond acceptors (Lipinski definition) is 3. The number of carbonyl (C=O) groups is 1. The third-order valence-corrected chi connectivity index (χ3v) is 6.09. The van der Waals surface area contributed by atoms with Gasteiger partial charge in [0, 0.05) is 0 Å². The summed E-state index contributed by atoms with van der Waals surface area (Å²) in [4.78, 5) is 12.7. The third kappa shape index (κ3) is 3.05. The first-order valence-electron chi connectivity index (χ1n) is 8.73. The molecule has 0 aliphatic heterocycles. The van der Waals surface area contributed by atoms with Gasteiger partial charge >= 0.3 is 12.1 Å². The molecule has 4 aliphatic carbocycles. The number of alkyl halides is 3. The van der Waals surface area contributed by atoms with Gasteiger partial charge in [0.05, 0.1) is 16.6 Å². The van der Waals surface area contributed by atoms with Crippen LogP contribution in [-0.4, -0.2) is 16.7 Å². The molecule has 0 amide bonds. The molecule has 0 radical (unpaired) electrons. The van der Waals surface area contributed by atoms with Crippen molar-refractivity contribution in [3.05, 3.63) is 35.4 Å². The van der Waals surface area contributed by atoms with E-state index in [1.165, 1.54) is 12.1 Å². The molecule has 1 aromatic carbocycles. The van der Waals surface area contributed by atoms with Gasteiger partial charge in [0.15, 0.2) is 0 Å². The Bertz CT molecular complexity index is 683. The minimum atomic E-state index is -4.41. The summed E-state index contributed by atoms with van der Waals surface area (Å²) < 4.78 is 43.7. The van der Waals surface area contributed by atoms with Crippen molar-refractivity contribution in [3.8, 4) is 0 Å². The summed E-state index contributed by atoms with van der Waals surface area (Å²) in [5.41, 5.74) is -1.84. The van der Waals surface area contributed by atoms with Gasteiger partial charge in [-0.2, -0.15) is 13.2 Å². The van der Waals surface area contributed by atoms with Crippen LogP contribution in [0.25, 0.3) is 0 Å². The van der Waals surface area contributed by atoms with Crippen molar-refractivity contribution in [2.24, 2.45) is 17.3 Å². The molecular formula is C19H21F3O3. The van der Waals surface area contributed by atoms with Crippen LogP contribution in [0.1, 0.15) is 49.7 Å². The number of benzene rings is 1. The Balaban J connectivity index is 1.46. The summed E-state index contributed by atoms with van der Waals surface area (Å²) in [5, 5.41) is 10.7. The fourth-order valence-corrected chi connectivity index (χ4v) is 5.59. The Labute approximate surface area is 144 Å². The minimum absolute atomic E-state index is 0.168. The van der Waals surface area contributed by atoms with Gasteiger partial charge in [-0.1, -0.05) is 12.1 Å². The van der Waals surface area contributed by atoms with E-state index < -0.39 is 22.8 Å². The minimum Gasteiger partial charge on any atom is -0.460 e. The van der Waals surface area contributed by atoms with Crippen LogP contribution in [0.3, 0.4) is 0 Å². The fourth-order valence-electron chi connectivity index (χ4n) is 5.59. The van der Waals surface area contributed by atoms with Gasteiger partial charge in [-0.25, -0.2) is 0 Å². The largest absolute Gasteiger partial charge is 0.460 e. The monoisotopic (exact) mass is 354 g/mol. The van der Waals surface area contributed by atoms with Crippen LogP contribution in [-0.2, 0) is 22.3 Å². The molecule has 2 unspecified atom stereocenters. The summed E-state index contributed by atoms with van der Waals surface area (Å²) in [6, 6.07) is 4.86. The molecule has 0 heterocycles. The number of esters is 1. The summed E-state index contributed by atoms with van der Waals surface area (Å²) in [7, 11) is 0. The molecule has 6 heteroatoms. The number of rotatable bonds is 3. The molecule has 0 saturated heterocycles. The number of halogens is 3. The van der Waals surface area contributed by atoms with Crippen LogP contribution >= 0.6 is 0 Å². The number of carbonyl (C=O) groups excluding carboxylic acids is 1. The smallest absolute Gasteiger partial charge is 0.416 e. The van der Waals surface area contributed by atoms with Gasteiger partial charge in [-0.05, 0) is 68.1 Å². The first-order chi connectivity index (χ1) is 11.7. The van der Waals surface area contributed by atoms with Crippen LogP contribution in [0.2, 0.25) is 0 Å². The highest BCUT2D eigenvalue weighted by Gasteiger charge is 2.60. The van der Waals surface area contributed by atoms with Crippen LogP contribution in [0.4, 0.5) is 13.2 Å². The van der Waals surface area contributed by atoms with Crippen molar-refractivity contribution < 1.29 is 27.8 Å². The fraction of sp³-hybridized carbons (Fsp3) is 0.632. The molecule has 4 bridgehead atoms. The normalized spacial score (nSPS) is 36.5. The molecule has 1 N–H and O–H groups in total. The topological polar surface area (TPSA) is 46.5 Å². The van der Waals surface area contributed by atoms with E-state index in [9.17, 15) is 23.1 Å². The van der Waals surface area contributed by atoms with Gasteiger partial charge < -0.3 is 9.84 Å². The first kappa shape index (κ1) is 16.9. The lowest BCUT2D eigenvalue weighted by Crippen LogP contribution is -2.58. The second-order valence-electron chi connectivity index (χ2n) is 8.24. The van der Waals surface area contributed by atoms with Crippen molar-refractivity contribution in [2.45, 2.75) is 56.9 Å². The maximum Gasteiger partial charge on any atom is 0.416 e. The Morgan fingerprint density at radius 2 is 1.88 bits per heavy atom.